The zero-order valence-electron chi connectivity index (χ0n) is 16.8. The molecule has 2 aromatic rings. The third-order valence-corrected chi connectivity index (χ3v) is 4.68. The average Bonchev–Trinajstić information content (AvgIpc) is 2.65. The first-order chi connectivity index (χ1) is 13.3. The highest BCUT2D eigenvalue weighted by Crippen LogP contribution is 2.19. The lowest BCUT2D eigenvalue weighted by atomic mass is 10.1. The molecule has 0 saturated heterocycles. The molecule has 0 aromatic heterocycles. The van der Waals surface area contributed by atoms with Crippen LogP contribution >= 0.6 is 11.6 Å². The summed E-state index contributed by atoms with van der Waals surface area (Å²) in [4.78, 5) is 26.8. The minimum Gasteiger partial charge on any atom is -0.483 e. The van der Waals surface area contributed by atoms with Crippen molar-refractivity contribution >= 4 is 23.4 Å². The van der Waals surface area contributed by atoms with Gasteiger partial charge < -0.3 is 15.0 Å². The van der Waals surface area contributed by atoms with Crippen molar-refractivity contribution in [1.82, 2.24) is 10.2 Å². The fourth-order valence-corrected chi connectivity index (χ4v) is 3.13. The summed E-state index contributed by atoms with van der Waals surface area (Å²) < 4.78 is 5.74. The van der Waals surface area contributed by atoms with Gasteiger partial charge in [-0.25, -0.2) is 0 Å². The molecule has 0 saturated carbocycles. The van der Waals surface area contributed by atoms with Crippen molar-refractivity contribution in [1.29, 1.82) is 0 Å². The summed E-state index contributed by atoms with van der Waals surface area (Å²) in [7, 11) is 0. The van der Waals surface area contributed by atoms with Gasteiger partial charge >= 0.3 is 0 Å². The van der Waals surface area contributed by atoms with Crippen LogP contribution in [0.2, 0.25) is 5.02 Å². The highest BCUT2D eigenvalue weighted by atomic mass is 35.5. The molecule has 0 radical (unpaired) electrons. The summed E-state index contributed by atoms with van der Waals surface area (Å²) >= 11 is 6.06. The molecule has 1 atom stereocenters. The van der Waals surface area contributed by atoms with Crippen LogP contribution in [-0.2, 0) is 16.1 Å². The molecule has 0 bridgehead atoms. The number of halogens is 1. The lowest BCUT2D eigenvalue weighted by molar-refractivity contribution is -0.142. The van der Waals surface area contributed by atoms with Crippen LogP contribution in [0, 0.1) is 13.8 Å². The molecular weight excluding hydrogens is 376 g/mol. The minimum atomic E-state index is -0.630. The number of carbonyl (C=O) groups excluding carboxylic acids is 2. The molecule has 2 aromatic carbocycles. The van der Waals surface area contributed by atoms with E-state index in [1.165, 1.54) is 4.90 Å². The molecule has 150 valence electrons. The predicted octanol–water partition coefficient (Wildman–Crippen LogP) is 3.89. The Labute approximate surface area is 171 Å². The van der Waals surface area contributed by atoms with Crippen LogP contribution in [0.3, 0.4) is 0 Å². The Hall–Kier alpha value is -2.53. The average molecular weight is 403 g/mol. The standard InChI is InChI=1S/C22H27ClN2O3/c1-5-24-22(27)17(4)25(13-18-7-6-8-19(23)12-18)21(26)14-28-20-10-9-15(2)11-16(20)3/h6-12,17H,5,13-14H2,1-4H3,(H,24,27). The first kappa shape index (κ1) is 21.8. The Morgan fingerprint density at radius 3 is 2.57 bits per heavy atom. The Morgan fingerprint density at radius 1 is 1.18 bits per heavy atom. The molecule has 0 aliphatic rings. The summed E-state index contributed by atoms with van der Waals surface area (Å²) in [6, 6.07) is 12.4. The van der Waals surface area contributed by atoms with E-state index >= 15 is 0 Å². The Kier molecular flexibility index (Phi) is 7.88. The van der Waals surface area contributed by atoms with Gasteiger partial charge in [0.25, 0.3) is 5.91 Å². The lowest BCUT2D eigenvalue weighted by Gasteiger charge is -2.28. The van der Waals surface area contributed by atoms with Gasteiger partial charge in [0.05, 0.1) is 0 Å². The monoisotopic (exact) mass is 402 g/mol. The number of hydrogen-bond donors (Lipinski definition) is 1. The van der Waals surface area contributed by atoms with Crippen molar-refractivity contribution in [3.63, 3.8) is 0 Å². The minimum absolute atomic E-state index is 0.145. The van der Waals surface area contributed by atoms with E-state index in [-0.39, 0.29) is 25.0 Å². The number of carbonyl (C=O) groups is 2. The van der Waals surface area contributed by atoms with Crippen molar-refractivity contribution in [2.75, 3.05) is 13.2 Å². The van der Waals surface area contributed by atoms with Crippen LogP contribution in [0.5, 0.6) is 5.75 Å². The molecule has 6 heteroatoms. The zero-order valence-corrected chi connectivity index (χ0v) is 17.5. The van der Waals surface area contributed by atoms with Gasteiger partial charge in [-0.1, -0.05) is 41.4 Å². The fraction of sp³-hybridized carbons (Fsp3) is 0.364. The fourth-order valence-electron chi connectivity index (χ4n) is 2.92. The second-order valence-electron chi connectivity index (χ2n) is 6.78. The maximum atomic E-state index is 12.9. The molecule has 0 aliphatic carbocycles. The third kappa shape index (κ3) is 5.99. The SMILES string of the molecule is CCNC(=O)C(C)N(Cc1cccc(Cl)c1)C(=O)COc1ccc(C)cc1C. The summed E-state index contributed by atoms with van der Waals surface area (Å²) in [6.07, 6.45) is 0. The number of nitrogens with one attached hydrogen (secondary N) is 1. The highest BCUT2D eigenvalue weighted by Gasteiger charge is 2.26. The molecule has 1 unspecified atom stereocenters. The second kappa shape index (κ2) is 10.1. The van der Waals surface area contributed by atoms with Crippen LogP contribution in [0.4, 0.5) is 0 Å². The zero-order chi connectivity index (χ0) is 20.7. The number of amides is 2. The van der Waals surface area contributed by atoms with E-state index in [2.05, 4.69) is 5.32 Å². The molecule has 0 aliphatic heterocycles. The van der Waals surface area contributed by atoms with Crippen molar-refractivity contribution in [2.45, 2.75) is 40.3 Å². The molecule has 1 N–H and O–H groups in total. The molecular formula is C22H27ClN2O3. The van der Waals surface area contributed by atoms with E-state index in [0.29, 0.717) is 17.3 Å². The van der Waals surface area contributed by atoms with Gasteiger partial charge in [0.15, 0.2) is 6.61 Å². The van der Waals surface area contributed by atoms with E-state index in [1.807, 2.05) is 51.1 Å². The van der Waals surface area contributed by atoms with E-state index in [9.17, 15) is 9.59 Å². The van der Waals surface area contributed by atoms with Crippen LogP contribution in [-0.4, -0.2) is 35.9 Å². The van der Waals surface area contributed by atoms with Crippen molar-refractivity contribution in [3.05, 3.63) is 64.2 Å². The van der Waals surface area contributed by atoms with Crippen LogP contribution in [0.25, 0.3) is 0 Å². The maximum Gasteiger partial charge on any atom is 0.261 e. The molecule has 2 amide bonds. The van der Waals surface area contributed by atoms with E-state index in [1.54, 1.807) is 19.1 Å². The number of nitrogens with zero attached hydrogens (tertiary/aromatic N) is 1. The van der Waals surface area contributed by atoms with Crippen molar-refractivity contribution in [3.8, 4) is 5.75 Å². The molecule has 28 heavy (non-hydrogen) atoms. The first-order valence-electron chi connectivity index (χ1n) is 9.33. The van der Waals surface area contributed by atoms with Gasteiger partial charge in [-0.15, -0.1) is 0 Å². The number of rotatable bonds is 8. The first-order valence-corrected chi connectivity index (χ1v) is 9.71. The summed E-state index contributed by atoms with van der Waals surface area (Å²) in [5, 5.41) is 3.35. The van der Waals surface area contributed by atoms with Gasteiger partial charge in [-0.05, 0) is 57.0 Å². The van der Waals surface area contributed by atoms with Gasteiger partial charge in [0, 0.05) is 18.1 Å². The molecule has 5 nitrogen and oxygen atoms in total. The predicted molar refractivity (Wildman–Crippen MR) is 112 cm³/mol. The van der Waals surface area contributed by atoms with Crippen LogP contribution in [0.15, 0.2) is 42.5 Å². The number of benzene rings is 2. The van der Waals surface area contributed by atoms with Gasteiger partial charge in [0.2, 0.25) is 5.91 Å². The maximum absolute atomic E-state index is 12.9. The van der Waals surface area contributed by atoms with Gasteiger partial charge in [-0.2, -0.15) is 0 Å². The van der Waals surface area contributed by atoms with E-state index < -0.39 is 6.04 Å². The number of hydrogen-bond acceptors (Lipinski definition) is 3. The Bertz CT molecular complexity index is 838. The third-order valence-electron chi connectivity index (χ3n) is 4.44. The van der Waals surface area contributed by atoms with Crippen LogP contribution in [0.1, 0.15) is 30.5 Å². The van der Waals surface area contributed by atoms with Crippen molar-refractivity contribution < 1.29 is 14.3 Å². The molecule has 0 spiro atoms. The Balaban J connectivity index is 2.16. The van der Waals surface area contributed by atoms with Gasteiger partial charge in [-0.3, -0.25) is 9.59 Å². The lowest BCUT2D eigenvalue weighted by Crippen LogP contribution is -2.49. The Morgan fingerprint density at radius 2 is 1.93 bits per heavy atom. The van der Waals surface area contributed by atoms with Crippen LogP contribution < -0.4 is 10.1 Å². The normalized spacial score (nSPS) is 11.6. The summed E-state index contributed by atoms with van der Waals surface area (Å²) in [5.74, 6) is 0.190. The largest absolute Gasteiger partial charge is 0.483 e. The summed E-state index contributed by atoms with van der Waals surface area (Å²) in [5.41, 5.74) is 2.94. The second-order valence-corrected chi connectivity index (χ2v) is 7.22. The molecule has 0 fully saturated rings. The molecule has 0 heterocycles. The number of aryl methyl sites for hydroxylation is 2. The number of ether oxygens (including phenoxy) is 1. The summed E-state index contributed by atoms with van der Waals surface area (Å²) in [6.45, 7) is 8.13. The highest BCUT2D eigenvalue weighted by molar-refractivity contribution is 6.30. The van der Waals surface area contributed by atoms with E-state index in [4.69, 9.17) is 16.3 Å². The number of likely N-dealkylation sites (N-methyl/N-ethyl adjacent to an activating group) is 1. The molecule has 2 rings (SSSR count). The van der Waals surface area contributed by atoms with E-state index in [0.717, 1.165) is 16.7 Å². The van der Waals surface area contributed by atoms with Crippen molar-refractivity contribution in [2.24, 2.45) is 0 Å². The topological polar surface area (TPSA) is 58.6 Å². The quantitative estimate of drug-likeness (QED) is 0.728. The smallest absolute Gasteiger partial charge is 0.261 e. The van der Waals surface area contributed by atoms with Gasteiger partial charge in [0.1, 0.15) is 11.8 Å².